The van der Waals surface area contributed by atoms with Gasteiger partial charge in [0.1, 0.15) is 0 Å². The summed E-state index contributed by atoms with van der Waals surface area (Å²) in [6, 6.07) is 0. The highest BCUT2D eigenvalue weighted by molar-refractivity contribution is 6.74. The zero-order chi connectivity index (χ0) is 22.9. The zero-order valence-corrected chi connectivity index (χ0v) is 24.0. The molecule has 5 heteroatoms. The van der Waals surface area contributed by atoms with Crippen LogP contribution >= 0.6 is 0 Å². The van der Waals surface area contributed by atoms with Gasteiger partial charge in [-0.1, -0.05) is 55.4 Å². The lowest BCUT2D eigenvalue weighted by Crippen LogP contribution is -2.41. The van der Waals surface area contributed by atoms with E-state index in [1.165, 1.54) is 12.8 Å². The predicted molar refractivity (Wildman–Crippen MR) is 134 cm³/mol. The summed E-state index contributed by atoms with van der Waals surface area (Å²) in [5.41, 5.74) is 0. The van der Waals surface area contributed by atoms with Gasteiger partial charge >= 0.3 is 0 Å². The van der Waals surface area contributed by atoms with Crippen molar-refractivity contribution in [2.45, 2.75) is 117 Å². The maximum atomic E-state index is 6.33. The minimum atomic E-state index is -1.61. The lowest BCUT2D eigenvalue weighted by molar-refractivity contribution is 0.114. The minimum absolute atomic E-state index is 0.294. The molecule has 0 aromatic carbocycles. The van der Waals surface area contributed by atoms with Gasteiger partial charge in [-0.25, -0.2) is 0 Å². The van der Waals surface area contributed by atoms with Gasteiger partial charge in [-0.2, -0.15) is 0 Å². The van der Waals surface area contributed by atoms with E-state index in [1.807, 2.05) is 0 Å². The topological polar surface area (TPSA) is 27.7 Å². The van der Waals surface area contributed by atoms with Gasteiger partial charge in [0, 0.05) is 26.4 Å². The molecule has 29 heavy (non-hydrogen) atoms. The molecule has 3 nitrogen and oxygen atoms in total. The third-order valence-corrected chi connectivity index (χ3v) is 16.0. The molecule has 0 saturated heterocycles. The maximum absolute atomic E-state index is 6.33. The monoisotopic (exact) mass is 446 g/mol. The van der Waals surface area contributed by atoms with Crippen LogP contribution in [0.15, 0.2) is 0 Å². The van der Waals surface area contributed by atoms with Crippen molar-refractivity contribution in [3.63, 3.8) is 0 Å². The van der Waals surface area contributed by atoms with Crippen LogP contribution < -0.4 is 0 Å². The van der Waals surface area contributed by atoms with Crippen LogP contribution in [0.2, 0.25) is 36.3 Å². The molecule has 0 fully saturated rings. The van der Waals surface area contributed by atoms with E-state index in [9.17, 15) is 0 Å². The van der Waals surface area contributed by atoms with Gasteiger partial charge in [0.25, 0.3) is 0 Å². The summed E-state index contributed by atoms with van der Waals surface area (Å²) >= 11 is 0. The van der Waals surface area contributed by atoms with Crippen molar-refractivity contribution < 1.29 is 13.6 Å². The van der Waals surface area contributed by atoms with E-state index in [0.717, 1.165) is 39.3 Å². The molecule has 0 bridgehead atoms. The summed E-state index contributed by atoms with van der Waals surface area (Å²) in [7, 11) is -3.22. The van der Waals surface area contributed by atoms with Gasteiger partial charge in [-0.15, -0.1) is 0 Å². The molecule has 0 heterocycles. The van der Waals surface area contributed by atoms with Crippen LogP contribution in [0, 0.1) is 11.8 Å². The number of ether oxygens (including phenoxy) is 1. The van der Waals surface area contributed by atoms with E-state index < -0.39 is 16.6 Å². The van der Waals surface area contributed by atoms with Gasteiger partial charge in [-0.3, -0.25) is 0 Å². The molecule has 0 rings (SSSR count). The van der Waals surface area contributed by atoms with Gasteiger partial charge in [-0.05, 0) is 73.8 Å². The van der Waals surface area contributed by atoms with Crippen molar-refractivity contribution in [3.05, 3.63) is 0 Å². The summed E-state index contributed by atoms with van der Waals surface area (Å²) in [6.45, 7) is 31.3. The molecule has 0 aromatic rings. The lowest BCUT2D eigenvalue weighted by atomic mass is 10.1. The van der Waals surface area contributed by atoms with E-state index in [4.69, 9.17) is 13.6 Å². The molecular weight excluding hydrogens is 392 g/mol. The highest BCUT2D eigenvalue weighted by Gasteiger charge is 2.38. The first-order valence-corrected chi connectivity index (χ1v) is 17.7. The summed E-state index contributed by atoms with van der Waals surface area (Å²) < 4.78 is 18.5. The van der Waals surface area contributed by atoms with Crippen LogP contribution in [-0.2, 0) is 13.6 Å². The Bertz CT molecular complexity index is 396. The summed E-state index contributed by atoms with van der Waals surface area (Å²) in [5, 5.41) is 0.589. The maximum Gasteiger partial charge on any atom is 0.191 e. The first-order valence-electron chi connectivity index (χ1n) is 11.9. The highest BCUT2D eigenvalue weighted by Crippen LogP contribution is 2.37. The molecule has 0 N–H and O–H groups in total. The summed E-state index contributed by atoms with van der Waals surface area (Å²) in [5.74, 6) is 1.22. The average Bonchev–Trinajstić information content (AvgIpc) is 2.55. The Balaban J connectivity index is 3.78. The lowest BCUT2D eigenvalue weighted by Gasteiger charge is -2.37. The molecule has 176 valence electrons. The van der Waals surface area contributed by atoms with Crippen LogP contribution in [0.1, 0.15) is 81.1 Å². The van der Waals surface area contributed by atoms with E-state index in [-0.39, 0.29) is 0 Å². The van der Waals surface area contributed by atoms with Gasteiger partial charge < -0.3 is 13.6 Å². The third kappa shape index (κ3) is 12.1. The highest BCUT2D eigenvalue weighted by atomic mass is 28.4. The molecule has 0 amide bonds. The van der Waals surface area contributed by atoms with E-state index >= 15 is 0 Å². The van der Waals surface area contributed by atoms with Crippen LogP contribution in [0.5, 0.6) is 0 Å². The average molecular weight is 447 g/mol. The molecule has 0 aliphatic rings. The molecule has 2 atom stereocenters. The number of rotatable bonds is 14. The quantitative estimate of drug-likeness (QED) is 0.200. The SMILES string of the molecule is CC(CCCOCCCC(C)CO[Si](C)(C)C(C)(C)C)CO[Si](C)(C)C(C)(C)C. The van der Waals surface area contributed by atoms with Crippen LogP contribution in [0.3, 0.4) is 0 Å². The van der Waals surface area contributed by atoms with Crippen molar-refractivity contribution in [3.8, 4) is 0 Å². The Labute approximate surface area is 185 Å². The molecule has 2 unspecified atom stereocenters. The second-order valence-corrected chi connectivity index (χ2v) is 21.9. The van der Waals surface area contributed by atoms with Gasteiger partial charge in [0.05, 0.1) is 0 Å². The smallest absolute Gasteiger partial charge is 0.191 e. The Morgan fingerprint density at radius 2 is 0.931 bits per heavy atom. The molecule has 0 aromatic heterocycles. The summed E-state index contributed by atoms with van der Waals surface area (Å²) in [6.07, 6.45) is 4.63. The van der Waals surface area contributed by atoms with Gasteiger partial charge in [0.15, 0.2) is 16.6 Å². The van der Waals surface area contributed by atoms with Crippen LogP contribution in [-0.4, -0.2) is 43.1 Å². The second kappa shape index (κ2) is 12.4. The van der Waals surface area contributed by atoms with Crippen LogP contribution in [0.4, 0.5) is 0 Å². The van der Waals surface area contributed by atoms with Crippen molar-refractivity contribution in [1.82, 2.24) is 0 Å². The van der Waals surface area contributed by atoms with Crippen LogP contribution in [0.25, 0.3) is 0 Å². The fourth-order valence-electron chi connectivity index (χ4n) is 2.47. The number of hydrogen-bond acceptors (Lipinski definition) is 3. The normalized spacial score (nSPS) is 16.1. The van der Waals surface area contributed by atoms with E-state index in [2.05, 4.69) is 81.6 Å². The fourth-order valence-corrected chi connectivity index (χ4v) is 4.74. The Morgan fingerprint density at radius 1 is 0.621 bits per heavy atom. The Morgan fingerprint density at radius 3 is 1.21 bits per heavy atom. The van der Waals surface area contributed by atoms with Crippen molar-refractivity contribution in [2.75, 3.05) is 26.4 Å². The zero-order valence-electron chi connectivity index (χ0n) is 22.0. The second-order valence-electron chi connectivity index (χ2n) is 12.2. The van der Waals surface area contributed by atoms with E-state index in [1.54, 1.807) is 0 Å². The van der Waals surface area contributed by atoms with Crippen molar-refractivity contribution >= 4 is 16.6 Å². The Kier molecular flexibility index (Phi) is 12.5. The fraction of sp³-hybridized carbons (Fsp3) is 1.00. The first kappa shape index (κ1) is 29.3. The third-order valence-electron chi connectivity index (χ3n) is 7.04. The van der Waals surface area contributed by atoms with Gasteiger partial charge in [0.2, 0.25) is 0 Å². The molecule has 0 aliphatic carbocycles. The molecule has 0 radical (unpaired) electrons. The van der Waals surface area contributed by atoms with E-state index in [0.29, 0.717) is 21.9 Å². The number of hydrogen-bond donors (Lipinski definition) is 0. The van der Waals surface area contributed by atoms with Crippen molar-refractivity contribution in [2.24, 2.45) is 11.8 Å². The molecule has 0 aliphatic heterocycles. The molecular formula is C24H54O3Si2. The predicted octanol–water partition coefficient (Wildman–Crippen LogP) is 7.88. The summed E-state index contributed by atoms with van der Waals surface area (Å²) in [4.78, 5) is 0. The Hall–Kier alpha value is 0.314. The van der Waals surface area contributed by atoms with Crippen molar-refractivity contribution in [1.29, 1.82) is 0 Å². The first-order chi connectivity index (χ1) is 13.0. The largest absolute Gasteiger partial charge is 0.417 e. The molecule has 0 spiro atoms. The standard InChI is InChI=1S/C24H54O3Si2/c1-21(19-26-28(9,10)23(3,4)5)15-13-17-25-18-14-16-22(2)20-27-29(11,12)24(6,7)8/h21-22H,13-20H2,1-12H3. The molecule has 0 saturated carbocycles. The minimum Gasteiger partial charge on any atom is -0.417 e.